The zero-order valence-electron chi connectivity index (χ0n) is 19.7. The quantitative estimate of drug-likeness (QED) is 0.396. The molecule has 176 valence electrons. The van der Waals surface area contributed by atoms with Crippen LogP contribution in [-0.2, 0) is 9.53 Å². The largest absolute Gasteiger partial charge is 0.449 e. The van der Waals surface area contributed by atoms with Crippen LogP contribution in [0.2, 0.25) is 0 Å². The third kappa shape index (κ3) is 5.19. The maximum Gasteiger partial charge on any atom is 0.339 e. The fourth-order valence-corrected chi connectivity index (χ4v) is 3.82. The van der Waals surface area contributed by atoms with Gasteiger partial charge in [-0.05, 0) is 62.7 Å². The molecule has 0 unspecified atom stereocenters. The number of nitrogens with two attached hydrogens (primary N) is 1. The summed E-state index contributed by atoms with van der Waals surface area (Å²) in [5.74, 6) is -1.69. The summed E-state index contributed by atoms with van der Waals surface area (Å²) >= 11 is 0. The molecule has 0 fully saturated rings. The van der Waals surface area contributed by atoms with Gasteiger partial charge >= 0.3 is 5.97 Å². The summed E-state index contributed by atoms with van der Waals surface area (Å²) < 4.78 is 5.53. The molecule has 3 N–H and O–H groups in total. The van der Waals surface area contributed by atoms with E-state index < -0.39 is 23.9 Å². The predicted molar refractivity (Wildman–Crippen MR) is 135 cm³/mol. The number of primary amides is 1. The first kappa shape index (κ1) is 23.6. The number of hydrogen-bond donors (Lipinski definition) is 2. The minimum absolute atomic E-state index is 0.326. The number of para-hydroxylation sites is 1. The number of benzene rings is 3. The number of carbonyl (C=O) groups is 3. The third-order valence-corrected chi connectivity index (χ3v) is 5.68. The van der Waals surface area contributed by atoms with Crippen LogP contribution in [0.15, 0.2) is 72.8 Å². The number of nitrogens with zero attached hydrogens (tertiary/aromatic N) is 1. The Hall–Kier alpha value is -4.52. The molecule has 1 heterocycles. The fourth-order valence-electron chi connectivity index (χ4n) is 3.82. The number of carbonyl (C=O) groups excluding carboxylic acids is 3. The van der Waals surface area contributed by atoms with E-state index in [2.05, 4.69) is 11.4 Å². The molecule has 0 bridgehead atoms. The van der Waals surface area contributed by atoms with Gasteiger partial charge in [0.15, 0.2) is 6.10 Å². The van der Waals surface area contributed by atoms with Gasteiger partial charge in [0.25, 0.3) is 5.91 Å². The van der Waals surface area contributed by atoms with Gasteiger partial charge in [0.1, 0.15) is 0 Å². The van der Waals surface area contributed by atoms with E-state index in [-0.39, 0.29) is 0 Å². The number of pyridine rings is 1. The van der Waals surface area contributed by atoms with Gasteiger partial charge in [0, 0.05) is 22.2 Å². The van der Waals surface area contributed by atoms with E-state index >= 15 is 0 Å². The van der Waals surface area contributed by atoms with Crippen molar-refractivity contribution in [3.05, 3.63) is 95.1 Å². The molecule has 0 aliphatic carbocycles. The Morgan fingerprint density at radius 1 is 0.943 bits per heavy atom. The number of esters is 1. The van der Waals surface area contributed by atoms with E-state index in [1.54, 1.807) is 24.3 Å². The summed E-state index contributed by atoms with van der Waals surface area (Å²) in [4.78, 5) is 41.8. The van der Waals surface area contributed by atoms with E-state index in [9.17, 15) is 14.4 Å². The second kappa shape index (κ2) is 9.77. The van der Waals surface area contributed by atoms with Gasteiger partial charge in [-0.3, -0.25) is 9.59 Å². The maximum absolute atomic E-state index is 13.2. The standard InChI is InChI=1S/C28H25N3O4/c1-16-8-13-21(17(2)14-16)25-15-23(22-6-4-5-7-24(22)31-25)28(34)35-18(3)27(33)30-20-11-9-19(10-12-20)26(29)32/h4-15,18H,1-3H3,(H2,29,32)(H,30,33)/t18-/m1/s1. The van der Waals surface area contributed by atoms with Crippen LogP contribution in [0.1, 0.15) is 38.8 Å². The number of anilines is 1. The van der Waals surface area contributed by atoms with Crippen LogP contribution < -0.4 is 11.1 Å². The normalized spacial score (nSPS) is 11.6. The minimum Gasteiger partial charge on any atom is -0.449 e. The van der Waals surface area contributed by atoms with E-state index in [4.69, 9.17) is 15.5 Å². The average Bonchev–Trinajstić information content (AvgIpc) is 2.83. The lowest BCUT2D eigenvalue weighted by atomic mass is 9.99. The van der Waals surface area contributed by atoms with E-state index in [1.165, 1.54) is 19.1 Å². The second-order valence-electron chi connectivity index (χ2n) is 8.37. The summed E-state index contributed by atoms with van der Waals surface area (Å²) in [6, 6.07) is 21.2. The third-order valence-electron chi connectivity index (χ3n) is 5.68. The molecule has 0 aliphatic rings. The summed E-state index contributed by atoms with van der Waals surface area (Å²) in [7, 11) is 0. The van der Waals surface area contributed by atoms with Crippen molar-refractivity contribution in [3.8, 4) is 11.3 Å². The number of hydrogen-bond acceptors (Lipinski definition) is 5. The minimum atomic E-state index is -1.06. The molecule has 4 rings (SSSR count). The lowest BCUT2D eigenvalue weighted by molar-refractivity contribution is -0.123. The Morgan fingerprint density at radius 3 is 2.34 bits per heavy atom. The van der Waals surface area contributed by atoms with Gasteiger partial charge < -0.3 is 15.8 Å². The first-order chi connectivity index (χ1) is 16.7. The predicted octanol–water partition coefficient (Wildman–Crippen LogP) is 4.80. The topological polar surface area (TPSA) is 111 Å². The van der Waals surface area contributed by atoms with Crippen LogP contribution in [0.5, 0.6) is 0 Å². The molecule has 1 atom stereocenters. The van der Waals surface area contributed by atoms with Crippen LogP contribution in [0, 0.1) is 13.8 Å². The van der Waals surface area contributed by atoms with E-state index in [0.717, 1.165) is 16.7 Å². The first-order valence-electron chi connectivity index (χ1n) is 11.1. The van der Waals surface area contributed by atoms with E-state index in [1.807, 2.05) is 44.2 Å². The van der Waals surface area contributed by atoms with Gasteiger partial charge in [0.2, 0.25) is 5.91 Å². The Labute approximate surface area is 202 Å². The molecule has 2 amide bonds. The van der Waals surface area contributed by atoms with Crippen molar-refractivity contribution in [1.29, 1.82) is 0 Å². The zero-order chi connectivity index (χ0) is 25.1. The number of amides is 2. The van der Waals surface area contributed by atoms with Gasteiger partial charge in [-0.2, -0.15) is 0 Å². The van der Waals surface area contributed by atoms with Crippen molar-refractivity contribution in [2.75, 3.05) is 5.32 Å². The van der Waals surface area contributed by atoms with Crippen LogP contribution in [0.3, 0.4) is 0 Å². The molecular formula is C28H25N3O4. The SMILES string of the molecule is Cc1ccc(-c2cc(C(=O)O[C@H](C)C(=O)Nc3ccc(C(N)=O)cc3)c3ccccc3n2)c(C)c1. The molecule has 0 radical (unpaired) electrons. The molecule has 35 heavy (non-hydrogen) atoms. The van der Waals surface area contributed by atoms with Crippen molar-refractivity contribution in [3.63, 3.8) is 0 Å². The average molecular weight is 468 g/mol. The summed E-state index contributed by atoms with van der Waals surface area (Å²) in [6.45, 7) is 5.52. The number of fused-ring (bicyclic) bond motifs is 1. The molecule has 4 aromatic rings. The van der Waals surface area contributed by atoms with Crippen LogP contribution in [0.4, 0.5) is 5.69 Å². The monoisotopic (exact) mass is 467 g/mol. The van der Waals surface area contributed by atoms with Gasteiger partial charge in [-0.1, -0.05) is 42.0 Å². The molecule has 0 spiro atoms. The Balaban J connectivity index is 1.59. The van der Waals surface area contributed by atoms with Gasteiger partial charge in [-0.15, -0.1) is 0 Å². The Morgan fingerprint density at radius 2 is 1.66 bits per heavy atom. The Kier molecular flexibility index (Phi) is 6.59. The molecule has 7 nitrogen and oxygen atoms in total. The summed E-state index contributed by atoms with van der Waals surface area (Å²) in [5, 5.41) is 3.31. The molecule has 0 saturated carbocycles. The van der Waals surface area contributed by atoms with E-state index in [0.29, 0.717) is 33.4 Å². The van der Waals surface area contributed by atoms with Crippen LogP contribution >= 0.6 is 0 Å². The highest BCUT2D eigenvalue weighted by atomic mass is 16.5. The molecule has 3 aromatic carbocycles. The summed E-state index contributed by atoms with van der Waals surface area (Å²) in [6.07, 6.45) is -1.06. The second-order valence-corrected chi connectivity index (χ2v) is 8.37. The van der Waals surface area contributed by atoms with Gasteiger partial charge in [0.05, 0.1) is 16.8 Å². The molecule has 0 aliphatic heterocycles. The number of rotatable bonds is 6. The molecule has 0 saturated heterocycles. The highest BCUT2D eigenvalue weighted by molar-refractivity contribution is 6.06. The smallest absolute Gasteiger partial charge is 0.339 e. The van der Waals surface area contributed by atoms with Crippen LogP contribution in [-0.4, -0.2) is 28.9 Å². The molecule has 7 heteroatoms. The highest BCUT2D eigenvalue weighted by Crippen LogP contribution is 2.28. The summed E-state index contributed by atoms with van der Waals surface area (Å²) in [5.41, 5.74) is 10.8. The van der Waals surface area contributed by atoms with Crippen molar-refractivity contribution in [2.45, 2.75) is 26.9 Å². The lowest BCUT2D eigenvalue weighted by Gasteiger charge is -2.16. The lowest BCUT2D eigenvalue weighted by Crippen LogP contribution is -2.30. The number of aryl methyl sites for hydroxylation is 2. The number of nitrogens with one attached hydrogen (secondary N) is 1. The zero-order valence-corrected chi connectivity index (χ0v) is 19.7. The maximum atomic E-state index is 13.2. The molecular weight excluding hydrogens is 442 g/mol. The highest BCUT2D eigenvalue weighted by Gasteiger charge is 2.22. The van der Waals surface area contributed by atoms with Crippen molar-refractivity contribution in [1.82, 2.24) is 4.98 Å². The van der Waals surface area contributed by atoms with Crippen molar-refractivity contribution >= 4 is 34.4 Å². The molecule has 1 aromatic heterocycles. The number of ether oxygens (including phenoxy) is 1. The fraction of sp³-hybridized carbons (Fsp3) is 0.143. The first-order valence-corrected chi connectivity index (χ1v) is 11.1. The number of aromatic nitrogens is 1. The van der Waals surface area contributed by atoms with Gasteiger partial charge in [-0.25, -0.2) is 9.78 Å². The van der Waals surface area contributed by atoms with Crippen molar-refractivity contribution < 1.29 is 19.1 Å². The Bertz CT molecular complexity index is 1440. The van der Waals surface area contributed by atoms with Crippen LogP contribution in [0.25, 0.3) is 22.2 Å². The van der Waals surface area contributed by atoms with Crippen molar-refractivity contribution in [2.24, 2.45) is 5.73 Å².